The molecule has 0 unspecified atom stereocenters. The third-order valence-corrected chi connectivity index (χ3v) is 23.6. The van der Waals surface area contributed by atoms with E-state index in [-0.39, 0.29) is 10.8 Å². The SMILES string of the molecule is C=Cc1cccc(-c2ccc(N(c3ccc(-c4ccc5c(c4)c4cc(-c6ccc7c(c6)c6cc(-c8ccc(N(c9ccc(-c%10cccc(C=C)c%10)cc9)c9ccc%10c(c9)C(C)(C)c9ccccc9-%10)cc8)ccc6n7-c6ccccc6)ccc4n5-c4ccccc4)cc3)c3ccc4c(c3)C(C)(C)c3ccccc3-4)cc2)c1. The summed E-state index contributed by atoms with van der Waals surface area (Å²) in [6.07, 6.45) is 3.82. The fourth-order valence-electron chi connectivity index (χ4n) is 17.9. The number of hydrogen-bond acceptors (Lipinski definition) is 2. The smallest absolute Gasteiger partial charge is 0.0541 e. The number of rotatable bonds is 15. The second kappa shape index (κ2) is 26.0. The summed E-state index contributed by atoms with van der Waals surface area (Å²) in [5, 5.41) is 4.78. The van der Waals surface area contributed by atoms with Crippen LogP contribution < -0.4 is 9.80 Å². The molecule has 0 saturated carbocycles. The van der Waals surface area contributed by atoms with Crippen molar-refractivity contribution in [1.82, 2.24) is 9.13 Å². The maximum Gasteiger partial charge on any atom is 0.0541 e. The van der Waals surface area contributed by atoms with Gasteiger partial charge in [-0.05, 0) is 269 Å². The van der Waals surface area contributed by atoms with Crippen LogP contribution in [0, 0.1) is 0 Å². The molecule has 18 aromatic rings. The predicted octanol–water partition coefficient (Wildman–Crippen LogP) is 29.1. The van der Waals surface area contributed by atoms with Crippen molar-refractivity contribution in [2.75, 3.05) is 9.80 Å². The van der Waals surface area contributed by atoms with Crippen molar-refractivity contribution in [3.05, 3.63) is 411 Å². The number of nitrogens with zero attached hydrogens (tertiary/aromatic N) is 4. The van der Waals surface area contributed by atoms with Crippen LogP contribution in [0.5, 0.6) is 0 Å². The maximum atomic E-state index is 4.04. The minimum Gasteiger partial charge on any atom is -0.310 e. The van der Waals surface area contributed by atoms with Gasteiger partial charge in [0.2, 0.25) is 0 Å². The average Bonchev–Trinajstić information content (AvgIpc) is 1.59. The van der Waals surface area contributed by atoms with Crippen LogP contribution in [0.25, 0.3) is 145 Å². The zero-order valence-corrected chi connectivity index (χ0v) is 62.0. The lowest BCUT2D eigenvalue weighted by atomic mass is 9.82. The van der Waals surface area contributed by atoms with E-state index >= 15 is 0 Å². The molecule has 20 rings (SSSR count). The van der Waals surface area contributed by atoms with Crippen molar-refractivity contribution in [3.8, 4) is 89.3 Å². The minimum absolute atomic E-state index is 0.154. The van der Waals surface area contributed by atoms with E-state index in [0.717, 1.165) is 134 Å². The molecule has 2 aliphatic rings. The van der Waals surface area contributed by atoms with Gasteiger partial charge in [0.25, 0.3) is 0 Å². The van der Waals surface area contributed by atoms with E-state index in [0.29, 0.717) is 0 Å². The first kappa shape index (κ1) is 65.7. The van der Waals surface area contributed by atoms with Gasteiger partial charge in [-0.2, -0.15) is 0 Å². The number of para-hydroxylation sites is 2. The highest BCUT2D eigenvalue weighted by atomic mass is 15.1. The average molecular weight is 1410 g/mol. The van der Waals surface area contributed by atoms with Crippen molar-refractivity contribution in [2.45, 2.75) is 38.5 Å². The lowest BCUT2D eigenvalue weighted by Gasteiger charge is -2.28. The second-order valence-corrected chi connectivity index (χ2v) is 30.6. The van der Waals surface area contributed by atoms with Crippen molar-refractivity contribution in [2.24, 2.45) is 0 Å². The molecule has 2 aromatic heterocycles. The first-order chi connectivity index (χ1) is 53.9. The lowest BCUT2D eigenvalue weighted by Crippen LogP contribution is -2.16. The van der Waals surface area contributed by atoms with E-state index in [9.17, 15) is 0 Å². The van der Waals surface area contributed by atoms with Crippen LogP contribution >= 0.6 is 0 Å². The summed E-state index contributed by atoms with van der Waals surface area (Å²) in [6, 6.07) is 135. The summed E-state index contributed by atoms with van der Waals surface area (Å²) in [4.78, 5) is 4.82. The minimum atomic E-state index is -0.154. The zero-order chi connectivity index (χ0) is 73.9. The molecule has 0 aliphatic heterocycles. The number of aromatic nitrogens is 2. The molecule has 0 radical (unpaired) electrons. The topological polar surface area (TPSA) is 16.3 Å². The molecule has 522 valence electrons. The van der Waals surface area contributed by atoms with Gasteiger partial charge in [0.1, 0.15) is 0 Å². The predicted molar refractivity (Wildman–Crippen MR) is 467 cm³/mol. The summed E-state index contributed by atoms with van der Waals surface area (Å²) in [5.74, 6) is 0. The van der Waals surface area contributed by atoms with Crippen molar-refractivity contribution in [1.29, 1.82) is 0 Å². The molecular formula is C106H78N4. The molecule has 0 N–H and O–H groups in total. The fourth-order valence-corrected chi connectivity index (χ4v) is 17.9. The van der Waals surface area contributed by atoms with Crippen LogP contribution in [-0.2, 0) is 10.8 Å². The Balaban J connectivity index is 0.668. The molecule has 2 aliphatic carbocycles. The van der Waals surface area contributed by atoms with Gasteiger partial charge >= 0.3 is 0 Å². The van der Waals surface area contributed by atoms with Crippen LogP contribution in [0.4, 0.5) is 34.1 Å². The van der Waals surface area contributed by atoms with E-state index in [4.69, 9.17) is 0 Å². The third kappa shape index (κ3) is 10.9. The number of anilines is 6. The number of fused-ring (bicyclic) bond motifs is 12. The van der Waals surface area contributed by atoms with E-state index < -0.39 is 0 Å². The molecule has 0 amide bonds. The zero-order valence-electron chi connectivity index (χ0n) is 62.0. The molecular weight excluding hydrogens is 1330 g/mol. The Labute approximate surface area is 643 Å². The molecule has 0 spiro atoms. The Bertz CT molecular complexity index is 6300. The molecule has 2 heterocycles. The Hall–Kier alpha value is -13.8. The third-order valence-electron chi connectivity index (χ3n) is 23.6. The van der Waals surface area contributed by atoms with E-state index in [1.807, 2.05) is 12.2 Å². The van der Waals surface area contributed by atoms with E-state index in [2.05, 4.69) is 424 Å². The fraction of sp³-hybridized carbons (Fsp3) is 0.0566. The summed E-state index contributed by atoms with van der Waals surface area (Å²) in [5.41, 5.74) is 37.6. The Morgan fingerprint density at radius 2 is 0.500 bits per heavy atom. The van der Waals surface area contributed by atoms with Crippen LogP contribution in [-0.4, -0.2) is 9.13 Å². The van der Waals surface area contributed by atoms with E-state index in [1.54, 1.807) is 0 Å². The van der Waals surface area contributed by atoms with Gasteiger partial charge < -0.3 is 18.9 Å². The highest BCUT2D eigenvalue weighted by Crippen LogP contribution is 2.54. The van der Waals surface area contributed by atoms with E-state index in [1.165, 1.54) is 66.1 Å². The number of hydrogen-bond donors (Lipinski definition) is 0. The van der Waals surface area contributed by atoms with Crippen LogP contribution in [0.1, 0.15) is 61.1 Å². The van der Waals surface area contributed by atoms with Gasteiger partial charge in [0.15, 0.2) is 0 Å². The largest absolute Gasteiger partial charge is 0.310 e. The molecule has 0 bridgehead atoms. The lowest BCUT2D eigenvalue weighted by molar-refractivity contribution is 0.660. The quantitative estimate of drug-likeness (QED) is 0.102. The maximum absolute atomic E-state index is 4.04. The Morgan fingerprint density at radius 3 is 0.827 bits per heavy atom. The molecule has 4 nitrogen and oxygen atoms in total. The van der Waals surface area contributed by atoms with Crippen LogP contribution in [0.2, 0.25) is 0 Å². The second-order valence-electron chi connectivity index (χ2n) is 30.6. The first-order valence-corrected chi connectivity index (χ1v) is 38.2. The highest BCUT2D eigenvalue weighted by Gasteiger charge is 2.38. The van der Waals surface area contributed by atoms with Gasteiger partial charge in [-0.3, -0.25) is 0 Å². The van der Waals surface area contributed by atoms with Gasteiger partial charge in [-0.1, -0.05) is 259 Å². The molecule has 0 fully saturated rings. The van der Waals surface area contributed by atoms with Crippen molar-refractivity contribution < 1.29 is 0 Å². The molecule has 4 heteroatoms. The van der Waals surface area contributed by atoms with Crippen molar-refractivity contribution in [3.63, 3.8) is 0 Å². The van der Waals surface area contributed by atoms with Gasteiger partial charge in [0, 0.05) is 77.9 Å². The first-order valence-electron chi connectivity index (χ1n) is 38.2. The standard InChI is InChI=1S/C106H78N4/c1-7-69-21-19-23-75(61-69)71-33-45-83(46-34-71)107(87-53-55-91-89-29-15-17-31-97(89)105(3,4)99(91)67-87)85-49-37-73(38-50-85)77-41-57-101-93(63-77)95-65-79(43-59-103(95)109(101)81-25-11-9-12-26-81)80-44-60-104-96(66-80)94-64-78(42-58-102(94)110(104)82-27-13-10-14-28-82)74-39-51-86(52-40-74)108(84-47-35-72(36-48-84)76-24-20-22-70(8-2)62-76)88-54-56-92-90-30-16-18-32-98(90)106(5,6)100(92)68-88/h7-68H,1-2H2,3-6H3. The Kier molecular flexibility index (Phi) is 15.5. The van der Waals surface area contributed by atoms with Gasteiger partial charge in [-0.15, -0.1) is 0 Å². The van der Waals surface area contributed by atoms with Gasteiger partial charge in [0.05, 0.1) is 22.1 Å². The normalized spacial score (nSPS) is 12.9. The molecule has 110 heavy (non-hydrogen) atoms. The monoisotopic (exact) mass is 1410 g/mol. The molecule has 0 atom stereocenters. The molecule has 16 aromatic carbocycles. The number of benzene rings is 16. The van der Waals surface area contributed by atoms with Crippen LogP contribution in [0.15, 0.2) is 377 Å². The highest BCUT2D eigenvalue weighted by molar-refractivity contribution is 6.14. The summed E-state index contributed by atoms with van der Waals surface area (Å²) in [6.45, 7) is 17.5. The Morgan fingerprint density at radius 1 is 0.227 bits per heavy atom. The summed E-state index contributed by atoms with van der Waals surface area (Å²) in [7, 11) is 0. The summed E-state index contributed by atoms with van der Waals surface area (Å²) < 4.78 is 4.85. The van der Waals surface area contributed by atoms with Gasteiger partial charge in [-0.25, -0.2) is 0 Å². The van der Waals surface area contributed by atoms with Crippen LogP contribution in [0.3, 0.4) is 0 Å². The summed E-state index contributed by atoms with van der Waals surface area (Å²) >= 11 is 0. The van der Waals surface area contributed by atoms with Crippen molar-refractivity contribution >= 4 is 89.9 Å². The molecule has 0 saturated heterocycles.